The van der Waals surface area contributed by atoms with Crippen LogP contribution in [0.2, 0.25) is 0 Å². The average Bonchev–Trinajstić information content (AvgIpc) is 3.27. The molecule has 32 heavy (non-hydrogen) atoms. The van der Waals surface area contributed by atoms with Gasteiger partial charge in [-0.3, -0.25) is 4.79 Å². The van der Waals surface area contributed by atoms with Crippen LogP contribution < -0.4 is 0 Å². The molecular weight excluding hydrogens is 400 g/mol. The maximum Gasteiger partial charge on any atom is 0.272 e. The summed E-state index contributed by atoms with van der Waals surface area (Å²) in [6, 6.07) is 15.8. The van der Waals surface area contributed by atoms with Gasteiger partial charge in [0.1, 0.15) is 5.69 Å². The molecule has 0 aliphatic carbocycles. The Morgan fingerprint density at radius 1 is 1.16 bits per heavy atom. The summed E-state index contributed by atoms with van der Waals surface area (Å²) in [4.78, 5) is 22.7. The first-order valence-electron chi connectivity index (χ1n) is 10.9. The Morgan fingerprint density at radius 3 is 2.56 bits per heavy atom. The molecule has 6 heteroatoms. The normalized spacial score (nSPS) is 15.3. The van der Waals surface area contributed by atoms with E-state index >= 15 is 0 Å². The molecule has 1 amide bonds. The van der Waals surface area contributed by atoms with Gasteiger partial charge in [0.15, 0.2) is 5.69 Å². The third kappa shape index (κ3) is 4.74. The summed E-state index contributed by atoms with van der Waals surface area (Å²) in [6.07, 6.45) is 5.67. The van der Waals surface area contributed by atoms with Gasteiger partial charge in [0, 0.05) is 31.7 Å². The minimum absolute atomic E-state index is 0.0256. The third-order valence-electron chi connectivity index (χ3n) is 6.46. The number of aliphatic hydroxyl groups is 1. The van der Waals surface area contributed by atoms with Crippen LogP contribution in [-0.4, -0.2) is 45.2 Å². The molecule has 2 aromatic carbocycles. The highest BCUT2D eigenvalue weighted by molar-refractivity contribution is 5.92. The summed E-state index contributed by atoms with van der Waals surface area (Å²) in [6.45, 7) is 11.1. The summed E-state index contributed by atoms with van der Waals surface area (Å²) in [5, 5.41) is 10.2. The van der Waals surface area contributed by atoms with Crippen molar-refractivity contribution in [1.82, 2.24) is 14.5 Å². The van der Waals surface area contributed by atoms with Crippen molar-refractivity contribution in [3.63, 3.8) is 0 Å². The smallest absolute Gasteiger partial charge is 0.272 e. The van der Waals surface area contributed by atoms with Crippen molar-refractivity contribution in [3.8, 4) is 0 Å². The SMILES string of the molecule is [C-]#[N+]c1ccc(Cn2cncc2C(=O)N2CCC(CO)(Cc3cccc(C)c3)CC2)cc1. The lowest BCUT2D eigenvalue weighted by molar-refractivity contribution is 0.0352. The molecular formula is C26H28N4O2. The number of amides is 1. The van der Waals surface area contributed by atoms with Gasteiger partial charge in [0.2, 0.25) is 0 Å². The molecule has 1 aliphatic heterocycles. The molecule has 0 spiro atoms. The van der Waals surface area contributed by atoms with E-state index < -0.39 is 0 Å². The maximum absolute atomic E-state index is 13.2. The number of aromatic nitrogens is 2. The highest BCUT2D eigenvalue weighted by atomic mass is 16.3. The van der Waals surface area contributed by atoms with Crippen LogP contribution in [0.1, 0.15) is 40.0 Å². The lowest BCUT2D eigenvalue weighted by Gasteiger charge is -2.41. The van der Waals surface area contributed by atoms with Gasteiger partial charge in [-0.25, -0.2) is 9.83 Å². The standard InChI is InChI=1S/C26H28N4O2/c1-20-4-3-5-22(14-20)15-26(18-31)10-12-29(13-11-26)25(32)24-16-28-19-30(24)17-21-6-8-23(27-2)9-7-21/h3-9,14,16,19,31H,10-13,15,17-18H2,1H3. The highest BCUT2D eigenvalue weighted by Crippen LogP contribution is 2.35. The molecule has 0 atom stereocenters. The van der Waals surface area contributed by atoms with E-state index in [0.717, 1.165) is 24.8 Å². The second-order valence-corrected chi connectivity index (χ2v) is 8.80. The van der Waals surface area contributed by atoms with Gasteiger partial charge in [0.05, 0.1) is 19.1 Å². The topological polar surface area (TPSA) is 62.7 Å². The van der Waals surface area contributed by atoms with E-state index in [1.54, 1.807) is 24.7 Å². The van der Waals surface area contributed by atoms with Gasteiger partial charge in [-0.1, -0.05) is 54.1 Å². The quantitative estimate of drug-likeness (QED) is 0.597. The number of carbonyl (C=O) groups is 1. The van der Waals surface area contributed by atoms with Crippen LogP contribution in [0.25, 0.3) is 4.85 Å². The number of carbonyl (C=O) groups excluding carboxylic acids is 1. The highest BCUT2D eigenvalue weighted by Gasteiger charge is 2.36. The largest absolute Gasteiger partial charge is 0.396 e. The van der Waals surface area contributed by atoms with Gasteiger partial charge in [-0.2, -0.15) is 0 Å². The van der Waals surface area contributed by atoms with Crippen molar-refractivity contribution >= 4 is 11.6 Å². The Labute approximate surface area is 189 Å². The van der Waals surface area contributed by atoms with Crippen LogP contribution in [0.4, 0.5) is 5.69 Å². The Balaban J connectivity index is 1.42. The number of nitrogens with zero attached hydrogens (tertiary/aromatic N) is 4. The Morgan fingerprint density at radius 2 is 1.91 bits per heavy atom. The molecule has 6 nitrogen and oxygen atoms in total. The van der Waals surface area contributed by atoms with Crippen LogP contribution in [0.5, 0.6) is 0 Å². The first kappa shape index (κ1) is 21.8. The molecule has 0 bridgehead atoms. The first-order chi connectivity index (χ1) is 15.5. The predicted molar refractivity (Wildman–Crippen MR) is 124 cm³/mol. The molecule has 0 radical (unpaired) electrons. The van der Waals surface area contributed by atoms with E-state index in [2.05, 4.69) is 41.0 Å². The zero-order valence-electron chi connectivity index (χ0n) is 18.4. The molecule has 1 saturated heterocycles. The van der Waals surface area contributed by atoms with Crippen molar-refractivity contribution in [2.75, 3.05) is 19.7 Å². The van der Waals surface area contributed by atoms with Crippen molar-refractivity contribution in [2.24, 2.45) is 5.41 Å². The number of piperidine rings is 1. The van der Waals surface area contributed by atoms with Gasteiger partial charge in [-0.15, -0.1) is 0 Å². The second kappa shape index (κ2) is 9.37. The number of likely N-dealkylation sites (tertiary alicyclic amines) is 1. The van der Waals surface area contributed by atoms with Gasteiger partial charge in [-0.05, 0) is 37.3 Å². The second-order valence-electron chi connectivity index (χ2n) is 8.80. The van der Waals surface area contributed by atoms with Crippen LogP contribution in [0, 0.1) is 18.9 Å². The van der Waals surface area contributed by atoms with Crippen molar-refractivity contribution in [2.45, 2.75) is 32.7 Å². The van der Waals surface area contributed by atoms with Crippen LogP contribution in [0.3, 0.4) is 0 Å². The summed E-state index contributed by atoms with van der Waals surface area (Å²) in [5.74, 6) is -0.0256. The first-order valence-corrected chi connectivity index (χ1v) is 10.9. The van der Waals surface area contributed by atoms with Gasteiger partial charge >= 0.3 is 0 Å². The summed E-state index contributed by atoms with van der Waals surface area (Å²) >= 11 is 0. The van der Waals surface area contributed by atoms with Crippen molar-refractivity contribution < 1.29 is 9.90 Å². The molecule has 3 aromatic rings. The maximum atomic E-state index is 13.2. The number of aryl methyl sites for hydroxylation is 1. The number of hydrogen-bond donors (Lipinski definition) is 1. The number of aliphatic hydroxyl groups excluding tert-OH is 1. The molecule has 0 unspecified atom stereocenters. The minimum Gasteiger partial charge on any atom is -0.396 e. The third-order valence-corrected chi connectivity index (χ3v) is 6.46. The number of rotatable bonds is 6. The lowest BCUT2D eigenvalue weighted by Crippen LogP contribution is -2.46. The number of imidazole rings is 1. The molecule has 1 aromatic heterocycles. The molecule has 1 aliphatic rings. The van der Waals surface area contributed by atoms with Crippen molar-refractivity contribution in [1.29, 1.82) is 0 Å². The predicted octanol–water partition coefficient (Wildman–Crippen LogP) is 4.25. The Bertz CT molecular complexity index is 1120. The van der Waals surface area contributed by atoms with Crippen LogP contribution in [-0.2, 0) is 13.0 Å². The molecule has 1 fully saturated rings. The number of benzene rings is 2. The van der Waals surface area contributed by atoms with E-state index in [4.69, 9.17) is 6.57 Å². The van der Waals surface area contributed by atoms with Crippen LogP contribution >= 0.6 is 0 Å². The monoisotopic (exact) mass is 428 g/mol. The van der Waals surface area contributed by atoms with E-state index in [-0.39, 0.29) is 17.9 Å². The number of hydrogen-bond acceptors (Lipinski definition) is 3. The summed E-state index contributed by atoms with van der Waals surface area (Å²) < 4.78 is 1.86. The zero-order chi connectivity index (χ0) is 22.6. The fourth-order valence-corrected chi connectivity index (χ4v) is 4.49. The summed E-state index contributed by atoms with van der Waals surface area (Å²) in [7, 11) is 0. The fourth-order valence-electron chi connectivity index (χ4n) is 4.49. The Kier molecular flexibility index (Phi) is 6.38. The molecule has 2 heterocycles. The zero-order valence-corrected chi connectivity index (χ0v) is 18.4. The Hall–Kier alpha value is -3.43. The average molecular weight is 429 g/mol. The molecule has 164 valence electrons. The van der Waals surface area contributed by atoms with E-state index in [1.165, 1.54) is 11.1 Å². The lowest BCUT2D eigenvalue weighted by atomic mass is 9.74. The van der Waals surface area contributed by atoms with Gasteiger partial charge in [0.25, 0.3) is 5.91 Å². The molecule has 0 saturated carbocycles. The summed E-state index contributed by atoms with van der Waals surface area (Å²) in [5.41, 5.74) is 4.45. The van der Waals surface area contributed by atoms with E-state index in [9.17, 15) is 9.90 Å². The molecule has 1 N–H and O–H groups in total. The van der Waals surface area contributed by atoms with E-state index in [0.29, 0.717) is 31.0 Å². The minimum atomic E-state index is -0.185. The molecule has 4 rings (SSSR count). The van der Waals surface area contributed by atoms with Crippen LogP contribution in [0.15, 0.2) is 61.1 Å². The van der Waals surface area contributed by atoms with Crippen molar-refractivity contribution in [3.05, 3.63) is 94.9 Å². The fraction of sp³-hybridized carbons (Fsp3) is 0.346. The van der Waals surface area contributed by atoms with E-state index in [1.807, 2.05) is 21.6 Å². The van der Waals surface area contributed by atoms with Gasteiger partial charge < -0.3 is 14.6 Å².